The first kappa shape index (κ1) is 16.4. The molecule has 1 aromatic rings. The molecule has 1 aromatic carbocycles. The molecule has 0 saturated heterocycles. The van der Waals surface area contributed by atoms with Crippen molar-refractivity contribution in [1.29, 1.82) is 0 Å². The van der Waals surface area contributed by atoms with Gasteiger partial charge in [0.25, 0.3) is 0 Å². The molecule has 0 bridgehead atoms. The second-order valence-corrected chi connectivity index (χ2v) is 6.25. The molecule has 0 heterocycles. The molecule has 1 atom stereocenters. The molecule has 0 amide bonds. The molecular formula is C16H27NOS. The van der Waals surface area contributed by atoms with Crippen LogP contribution in [0, 0.1) is 5.92 Å². The van der Waals surface area contributed by atoms with Gasteiger partial charge < -0.3 is 10.1 Å². The number of ether oxygens (including phenoxy) is 1. The van der Waals surface area contributed by atoms with Crippen molar-refractivity contribution >= 4 is 11.8 Å². The van der Waals surface area contributed by atoms with E-state index in [1.165, 1.54) is 17.7 Å². The largest absolute Gasteiger partial charge is 0.497 e. The molecule has 1 N–H and O–H groups in total. The topological polar surface area (TPSA) is 21.3 Å². The summed E-state index contributed by atoms with van der Waals surface area (Å²) < 4.78 is 5.20. The van der Waals surface area contributed by atoms with E-state index in [2.05, 4.69) is 49.7 Å². The summed E-state index contributed by atoms with van der Waals surface area (Å²) >= 11 is 1.93. The molecule has 2 nitrogen and oxygen atoms in total. The second-order valence-electron chi connectivity index (χ2n) is 5.26. The fourth-order valence-electron chi connectivity index (χ4n) is 2.06. The Bertz CT molecular complexity index is 337. The summed E-state index contributed by atoms with van der Waals surface area (Å²) in [7, 11) is 1.71. The van der Waals surface area contributed by atoms with Gasteiger partial charge in [-0.2, -0.15) is 11.8 Å². The van der Waals surface area contributed by atoms with Crippen molar-refractivity contribution < 1.29 is 4.74 Å². The van der Waals surface area contributed by atoms with Crippen LogP contribution in [0.15, 0.2) is 24.3 Å². The van der Waals surface area contributed by atoms with Crippen molar-refractivity contribution in [2.75, 3.05) is 25.7 Å². The molecule has 0 aromatic heterocycles. The van der Waals surface area contributed by atoms with Gasteiger partial charge in [-0.05, 0) is 55.0 Å². The molecule has 1 rings (SSSR count). The minimum Gasteiger partial charge on any atom is -0.497 e. The molecule has 108 valence electrons. The van der Waals surface area contributed by atoms with Crippen LogP contribution in [0.3, 0.4) is 0 Å². The van der Waals surface area contributed by atoms with Crippen LogP contribution in [0.2, 0.25) is 0 Å². The van der Waals surface area contributed by atoms with Gasteiger partial charge in [0, 0.05) is 6.04 Å². The van der Waals surface area contributed by atoms with E-state index in [4.69, 9.17) is 4.74 Å². The summed E-state index contributed by atoms with van der Waals surface area (Å²) in [5.41, 5.74) is 1.40. The zero-order chi connectivity index (χ0) is 14.1. The monoisotopic (exact) mass is 281 g/mol. The van der Waals surface area contributed by atoms with E-state index >= 15 is 0 Å². The fraction of sp³-hybridized carbons (Fsp3) is 0.625. The van der Waals surface area contributed by atoms with Crippen molar-refractivity contribution in [3.05, 3.63) is 29.8 Å². The minimum absolute atomic E-state index is 0.563. The van der Waals surface area contributed by atoms with E-state index < -0.39 is 0 Å². The molecule has 3 heteroatoms. The Morgan fingerprint density at radius 2 is 1.89 bits per heavy atom. The Balaban J connectivity index is 2.53. The molecule has 0 radical (unpaired) electrons. The van der Waals surface area contributed by atoms with Gasteiger partial charge >= 0.3 is 0 Å². The van der Waals surface area contributed by atoms with Crippen LogP contribution in [0.25, 0.3) is 0 Å². The molecule has 0 fully saturated rings. The number of thioether (sulfide) groups is 1. The smallest absolute Gasteiger partial charge is 0.118 e. The maximum atomic E-state index is 5.20. The first-order valence-corrected chi connectivity index (χ1v) is 8.40. The number of nitrogens with one attached hydrogen (secondary N) is 1. The normalized spacial score (nSPS) is 12.7. The van der Waals surface area contributed by atoms with Crippen molar-refractivity contribution in [3.63, 3.8) is 0 Å². The fourth-order valence-corrected chi connectivity index (χ4v) is 2.63. The lowest BCUT2D eigenvalue weighted by Crippen LogP contribution is -2.30. The van der Waals surface area contributed by atoms with Gasteiger partial charge in [0.15, 0.2) is 0 Å². The Morgan fingerprint density at radius 3 is 2.42 bits per heavy atom. The summed E-state index contributed by atoms with van der Waals surface area (Å²) in [5, 5.41) is 3.56. The minimum atomic E-state index is 0.563. The van der Waals surface area contributed by atoms with E-state index in [-0.39, 0.29) is 0 Å². The molecule has 1 unspecified atom stereocenters. The number of methoxy groups -OCH3 is 1. The Labute approximate surface area is 122 Å². The van der Waals surface area contributed by atoms with Gasteiger partial charge in [-0.25, -0.2) is 0 Å². The van der Waals surface area contributed by atoms with E-state index in [0.29, 0.717) is 12.0 Å². The zero-order valence-electron chi connectivity index (χ0n) is 12.6. The van der Waals surface area contributed by atoms with Crippen LogP contribution >= 0.6 is 11.8 Å². The highest BCUT2D eigenvalue weighted by atomic mass is 32.2. The molecule has 0 spiro atoms. The Hall–Kier alpha value is -0.670. The average Bonchev–Trinajstić information content (AvgIpc) is 2.42. The SMILES string of the molecule is COc1ccc(CC(CCSC)CNC(C)C)cc1. The molecule has 0 aliphatic rings. The van der Waals surface area contributed by atoms with Gasteiger partial charge in [-0.15, -0.1) is 0 Å². The molecular weight excluding hydrogens is 254 g/mol. The number of benzene rings is 1. The summed E-state index contributed by atoms with van der Waals surface area (Å²) in [6.45, 7) is 5.52. The van der Waals surface area contributed by atoms with Gasteiger partial charge in [0.2, 0.25) is 0 Å². The second kappa shape index (κ2) is 9.27. The van der Waals surface area contributed by atoms with Crippen molar-refractivity contribution in [3.8, 4) is 5.75 Å². The van der Waals surface area contributed by atoms with Crippen LogP contribution in [-0.4, -0.2) is 31.7 Å². The molecule has 0 saturated carbocycles. The maximum absolute atomic E-state index is 5.20. The highest BCUT2D eigenvalue weighted by molar-refractivity contribution is 7.98. The van der Waals surface area contributed by atoms with Crippen LogP contribution in [0.1, 0.15) is 25.8 Å². The highest BCUT2D eigenvalue weighted by Gasteiger charge is 2.10. The number of rotatable bonds is 9. The quantitative estimate of drug-likeness (QED) is 0.747. The van der Waals surface area contributed by atoms with Crippen LogP contribution in [-0.2, 0) is 6.42 Å². The van der Waals surface area contributed by atoms with Gasteiger partial charge in [0.1, 0.15) is 5.75 Å². The highest BCUT2D eigenvalue weighted by Crippen LogP contribution is 2.17. The van der Waals surface area contributed by atoms with E-state index in [1.807, 2.05) is 11.8 Å². The lowest BCUT2D eigenvalue weighted by atomic mass is 9.96. The summed E-state index contributed by atoms with van der Waals surface area (Å²) in [6, 6.07) is 9.03. The predicted molar refractivity (Wildman–Crippen MR) is 86.3 cm³/mol. The summed E-state index contributed by atoms with van der Waals surface area (Å²) in [4.78, 5) is 0. The predicted octanol–water partition coefficient (Wildman–Crippen LogP) is 3.61. The zero-order valence-corrected chi connectivity index (χ0v) is 13.4. The standard InChI is InChI=1S/C16H27NOS/c1-13(2)17-12-15(9-10-19-4)11-14-5-7-16(18-3)8-6-14/h5-8,13,15,17H,9-12H2,1-4H3. The number of hydrogen-bond acceptors (Lipinski definition) is 3. The molecule has 0 aliphatic heterocycles. The van der Waals surface area contributed by atoms with E-state index in [1.54, 1.807) is 7.11 Å². The first-order valence-electron chi connectivity index (χ1n) is 7.01. The summed E-state index contributed by atoms with van der Waals surface area (Å²) in [6.07, 6.45) is 4.59. The van der Waals surface area contributed by atoms with Crippen LogP contribution in [0.4, 0.5) is 0 Å². The van der Waals surface area contributed by atoms with Crippen molar-refractivity contribution in [1.82, 2.24) is 5.32 Å². The third kappa shape index (κ3) is 6.88. The van der Waals surface area contributed by atoms with Gasteiger partial charge in [-0.3, -0.25) is 0 Å². The van der Waals surface area contributed by atoms with Gasteiger partial charge in [-0.1, -0.05) is 26.0 Å². The van der Waals surface area contributed by atoms with Crippen LogP contribution in [0.5, 0.6) is 5.75 Å². The summed E-state index contributed by atoms with van der Waals surface area (Å²) in [5.74, 6) is 2.88. The Morgan fingerprint density at radius 1 is 1.21 bits per heavy atom. The van der Waals surface area contributed by atoms with E-state index in [9.17, 15) is 0 Å². The van der Waals surface area contributed by atoms with Crippen LogP contribution < -0.4 is 10.1 Å². The molecule has 19 heavy (non-hydrogen) atoms. The first-order chi connectivity index (χ1) is 9.15. The third-order valence-electron chi connectivity index (χ3n) is 3.23. The average molecular weight is 281 g/mol. The lowest BCUT2D eigenvalue weighted by molar-refractivity contribution is 0.413. The Kier molecular flexibility index (Phi) is 7.99. The third-order valence-corrected chi connectivity index (χ3v) is 3.87. The molecule has 0 aliphatic carbocycles. The maximum Gasteiger partial charge on any atom is 0.118 e. The van der Waals surface area contributed by atoms with E-state index in [0.717, 1.165) is 18.7 Å². The number of hydrogen-bond donors (Lipinski definition) is 1. The lowest BCUT2D eigenvalue weighted by Gasteiger charge is -2.19. The van der Waals surface area contributed by atoms with Crippen molar-refractivity contribution in [2.45, 2.75) is 32.7 Å². The van der Waals surface area contributed by atoms with Gasteiger partial charge in [0.05, 0.1) is 7.11 Å². The van der Waals surface area contributed by atoms with Crippen molar-refractivity contribution in [2.24, 2.45) is 5.92 Å².